The zero-order valence-corrected chi connectivity index (χ0v) is 19.3. The first kappa shape index (κ1) is 22.6. The van der Waals surface area contributed by atoms with Gasteiger partial charge in [-0.05, 0) is 31.0 Å². The predicted molar refractivity (Wildman–Crippen MR) is 122 cm³/mol. The summed E-state index contributed by atoms with van der Waals surface area (Å²) in [6, 6.07) is 6.82. The summed E-state index contributed by atoms with van der Waals surface area (Å²) in [5.41, 5.74) is -0.592. The van der Waals surface area contributed by atoms with Crippen molar-refractivity contribution in [2.45, 2.75) is 19.0 Å². The lowest BCUT2D eigenvalue weighted by atomic mass is 9.63. The third kappa shape index (κ3) is 3.36. The quantitative estimate of drug-likeness (QED) is 0.432. The first-order valence-corrected chi connectivity index (χ1v) is 12.4. The molecule has 1 unspecified atom stereocenters. The number of benzene rings is 2. The Morgan fingerprint density at radius 3 is 2.72 bits per heavy atom. The maximum atomic E-state index is 14.8. The van der Waals surface area contributed by atoms with E-state index in [1.807, 2.05) is 0 Å². The molecule has 1 atom stereocenters. The minimum absolute atomic E-state index is 0.0220. The SMILES string of the molecule is N#Cc1c(NS(=O)(=O)N2CC3(CCC3F)C2)cc(F)c(F)c1Oc1ccc2ncn3ccnc3c2c1. The molecule has 1 N–H and O–H groups in total. The largest absolute Gasteiger partial charge is 0.453 e. The van der Waals surface area contributed by atoms with E-state index in [1.54, 1.807) is 35.3 Å². The molecule has 2 fully saturated rings. The van der Waals surface area contributed by atoms with Crippen LogP contribution in [-0.2, 0) is 10.2 Å². The third-order valence-corrected chi connectivity index (χ3v) is 8.24. The molecule has 3 heterocycles. The van der Waals surface area contributed by atoms with Gasteiger partial charge < -0.3 is 4.74 Å². The molecule has 4 aromatic rings. The summed E-state index contributed by atoms with van der Waals surface area (Å²) >= 11 is 0. The van der Waals surface area contributed by atoms with Crippen molar-refractivity contribution in [2.75, 3.05) is 17.8 Å². The topological polar surface area (TPSA) is 113 Å². The fraction of sp³-hybridized carbons (Fsp3) is 0.261. The van der Waals surface area contributed by atoms with Crippen molar-refractivity contribution in [1.29, 1.82) is 5.26 Å². The molecule has 2 aliphatic rings. The second-order valence-electron chi connectivity index (χ2n) is 8.96. The minimum atomic E-state index is -4.24. The Morgan fingerprint density at radius 2 is 2.03 bits per heavy atom. The van der Waals surface area contributed by atoms with Crippen LogP contribution in [0.5, 0.6) is 11.5 Å². The molecule has 1 spiro atoms. The van der Waals surface area contributed by atoms with Gasteiger partial charge in [0.2, 0.25) is 5.82 Å². The molecule has 36 heavy (non-hydrogen) atoms. The van der Waals surface area contributed by atoms with Crippen molar-refractivity contribution < 1.29 is 26.3 Å². The van der Waals surface area contributed by atoms with Gasteiger partial charge in [0.05, 0.1) is 11.2 Å². The molecule has 0 bridgehead atoms. The Kier molecular flexibility index (Phi) is 4.89. The average molecular weight is 514 g/mol. The number of ether oxygens (including phenoxy) is 1. The number of fused-ring (bicyclic) bond motifs is 3. The summed E-state index contributed by atoms with van der Waals surface area (Å²) in [4.78, 5) is 8.53. The molecule has 1 aliphatic heterocycles. The molecule has 2 aromatic heterocycles. The third-order valence-electron chi connectivity index (χ3n) is 6.83. The Bertz CT molecular complexity index is 1700. The summed E-state index contributed by atoms with van der Waals surface area (Å²) in [5.74, 6) is -3.59. The van der Waals surface area contributed by atoms with Crippen molar-refractivity contribution in [3.05, 3.63) is 60.2 Å². The zero-order chi connectivity index (χ0) is 25.2. The van der Waals surface area contributed by atoms with Crippen molar-refractivity contribution in [1.82, 2.24) is 18.7 Å². The normalized spacial score (nSPS) is 19.1. The molecule has 1 saturated carbocycles. The molecule has 2 aromatic carbocycles. The number of nitrogens with zero attached hydrogens (tertiary/aromatic N) is 5. The number of nitriles is 1. The molecular weight excluding hydrogens is 497 g/mol. The summed E-state index contributed by atoms with van der Waals surface area (Å²) in [7, 11) is -4.24. The molecule has 1 aliphatic carbocycles. The van der Waals surface area contributed by atoms with E-state index >= 15 is 0 Å². The Labute approximate surface area is 202 Å². The standard InChI is InChI=1S/C23H17F3N6O3S/c24-16-8-18(30-36(33,34)32-10-23(11-32)4-3-19(23)25)15(9-27)21(20(16)26)35-13-1-2-17-14(7-13)22-28-5-6-31(22)12-29-17/h1-2,5-8,12,19,30H,3-4,10-11H2. The number of hydrogen-bond donors (Lipinski definition) is 1. The number of halogens is 3. The maximum Gasteiger partial charge on any atom is 0.301 e. The number of alkyl halides is 1. The van der Waals surface area contributed by atoms with E-state index in [0.29, 0.717) is 35.5 Å². The van der Waals surface area contributed by atoms with Gasteiger partial charge in [0.25, 0.3) is 0 Å². The first-order valence-electron chi connectivity index (χ1n) is 10.9. The van der Waals surface area contributed by atoms with Gasteiger partial charge in [-0.2, -0.15) is 22.4 Å². The van der Waals surface area contributed by atoms with Crippen LogP contribution in [0.3, 0.4) is 0 Å². The molecule has 9 nitrogen and oxygen atoms in total. The summed E-state index contributed by atoms with van der Waals surface area (Å²) in [5, 5.41) is 10.3. The van der Waals surface area contributed by atoms with E-state index in [4.69, 9.17) is 4.74 Å². The number of nitrogens with one attached hydrogen (secondary N) is 1. The van der Waals surface area contributed by atoms with Gasteiger partial charge in [-0.15, -0.1) is 0 Å². The second kappa shape index (κ2) is 7.81. The second-order valence-corrected chi connectivity index (χ2v) is 10.6. The molecule has 0 radical (unpaired) electrons. The number of rotatable bonds is 5. The van der Waals surface area contributed by atoms with E-state index in [0.717, 1.165) is 4.31 Å². The lowest BCUT2D eigenvalue weighted by Gasteiger charge is -2.56. The summed E-state index contributed by atoms with van der Waals surface area (Å²) in [6.45, 7) is -0.0441. The Balaban J connectivity index is 1.34. The number of hydrogen-bond acceptors (Lipinski definition) is 6. The van der Waals surface area contributed by atoms with Gasteiger partial charge in [-0.25, -0.2) is 18.7 Å². The highest BCUT2D eigenvalue weighted by molar-refractivity contribution is 7.90. The predicted octanol–water partition coefficient (Wildman–Crippen LogP) is 3.92. The van der Waals surface area contributed by atoms with Crippen LogP contribution in [0.2, 0.25) is 0 Å². The van der Waals surface area contributed by atoms with E-state index in [2.05, 4.69) is 14.7 Å². The molecule has 6 rings (SSSR count). The minimum Gasteiger partial charge on any atom is -0.453 e. The van der Waals surface area contributed by atoms with Gasteiger partial charge in [0.1, 0.15) is 35.5 Å². The summed E-state index contributed by atoms with van der Waals surface area (Å²) in [6.07, 6.45) is 4.73. The number of anilines is 1. The van der Waals surface area contributed by atoms with E-state index in [1.165, 1.54) is 12.1 Å². The van der Waals surface area contributed by atoms with Gasteiger partial charge >= 0.3 is 10.2 Å². The van der Waals surface area contributed by atoms with Gasteiger partial charge in [0, 0.05) is 42.4 Å². The Hall–Kier alpha value is -3.89. The molecule has 1 saturated heterocycles. The molecule has 13 heteroatoms. The van der Waals surface area contributed by atoms with Crippen LogP contribution in [0.15, 0.2) is 43.0 Å². The molecular formula is C23H17F3N6O3S. The lowest BCUT2D eigenvalue weighted by Crippen LogP contribution is -2.67. The van der Waals surface area contributed by atoms with Crippen LogP contribution < -0.4 is 9.46 Å². The number of imidazole rings is 1. The first-order chi connectivity index (χ1) is 17.2. The highest BCUT2D eigenvalue weighted by Crippen LogP contribution is 2.51. The Morgan fingerprint density at radius 1 is 1.22 bits per heavy atom. The van der Waals surface area contributed by atoms with Crippen molar-refractivity contribution >= 4 is 32.4 Å². The zero-order valence-electron chi connectivity index (χ0n) is 18.5. The van der Waals surface area contributed by atoms with Crippen molar-refractivity contribution in [2.24, 2.45) is 5.41 Å². The maximum absolute atomic E-state index is 14.8. The van der Waals surface area contributed by atoms with Crippen LogP contribution in [0.1, 0.15) is 18.4 Å². The van der Waals surface area contributed by atoms with Gasteiger partial charge in [0.15, 0.2) is 11.6 Å². The summed E-state index contributed by atoms with van der Waals surface area (Å²) < 4.78 is 79.1. The van der Waals surface area contributed by atoms with Crippen LogP contribution in [0.25, 0.3) is 16.6 Å². The molecule has 0 amide bonds. The van der Waals surface area contributed by atoms with E-state index < -0.39 is 50.4 Å². The monoisotopic (exact) mass is 514 g/mol. The van der Waals surface area contributed by atoms with Crippen LogP contribution in [-0.4, -0.2) is 46.4 Å². The molecule has 184 valence electrons. The highest BCUT2D eigenvalue weighted by Gasteiger charge is 2.58. The fourth-order valence-electron chi connectivity index (χ4n) is 4.67. The van der Waals surface area contributed by atoms with E-state index in [-0.39, 0.29) is 18.8 Å². The highest BCUT2D eigenvalue weighted by atomic mass is 32.2. The van der Waals surface area contributed by atoms with Crippen LogP contribution in [0, 0.1) is 28.4 Å². The van der Waals surface area contributed by atoms with Crippen LogP contribution in [0.4, 0.5) is 18.9 Å². The lowest BCUT2D eigenvalue weighted by molar-refractivity contribution is -0.0889. The van der Waals surface area contributed by atoms with E-state index in [9.17, 15) is 26.9 Å². The fourth-order valence-corrected chi connectivity index (χ4v) is 6.09. The van der Waals surface area contributed by atoms with Gasteiger partial charge in [-0.3, -0.25) is 9.12 Å². The van der Waals surface area contributed by atoms with Crippen molar-refractivity contribution in [3.8, 4) is 17.6 Å². The van der Waals surface area contributed by atoms with Gasteiger partial charge in [-0.1, -0.05) is 0 Å². The average Bonchev–Trinajstić information content (AvgIpc) is 3.30. The number of aromatic nitrogens is 3. The van der Waals surface area contributed by atoms with Crippen LogP contribution >= 0.6 is 0 Å². The van der Waals surface area contributed by atoms with Crippen molar-refractivity contribution in [3.63, 3.8) is 0 Å². The smallest absolute Gasteiger partial charge is 0.301 e.